The van der Waals surface area contributed by atoms with Gasteiger partial charge in [0, 0.05) is 30.5 Å². The largest absolute Gasteiger partial charge is 0.380 e. The molecular formula is C22H30N6O2S. The summed E-state index contributed by atoms with van der Waals surface area (Å²) in [7, 11) is 0. The molecule has 0 atom stereocenters. The van der Waals surface area contributed by atoms with Crippen LogP contribution in [0.1, 0.15) is 36.7 Å². The molecular weight excluding hydrogens is 412 g/mol. The fraction of sp³-hybridized carbons (Fsp3) is 0.455. The van der Waals surface area contributed by atoms with E-state index in [1.54, 1.807) is 18.0 Å². The fourth-order valence-electron chi connectivity index (χ4n) is 2.97. The van der Waals surface area contributed by atoms with E-state index in [0.29, 0.717) is 48.8 Å². The Labute approximate surface area is 187 Å². The normalized spacial score (nSPS) is 11.3. The van der Waals surface area contributed by atoms with Gasteiger partial charge < -0.3 is 15.4 Å². The van der Waals surface area contributed by atoms with Gasteiger partial charge in [-0.2, -0.15) is 5.10 Å². The highest BCUT2D eigenvalue weighted by Gasteiger charge is 2.14. The van der Waals surface area contributed by atoms with Crippen LogP contribution < -0.4 is 10.6 Å². The van der Waals surface area contributed by atoms with E-state index in [2.05, 4.69) is 34.6 Å². The molecule has 1 aromatic carbocycles. The van der Waals surface area contributed by atoms with E-state index in [4.69, 9.17) is 9.72 Å². The van der Waals surface area contributed by atoms with Crippen LogP contribution in [0, 0.1) is 6.92 Å². The van der Waals surface area contributed by atoms with E-state index >= 15 is 0 Å². The molecule has 0 unspecified atom stereocenters. The van der Waals surface area contributed by atoms with E-state index in [1.807, 2.05) is 42.8 Å². The summed E-state index contributed by atoms with van der Waals surface area (Å²) in [5.74, 6) is 0.656. The predicted molar refractivity (Wildman–Crippen MR) is 125 cm³/mol. The van der Waals surface area contributed by atoms with E-state index in [0.717, 1.165) is 22.4 Å². The van der Waals surface area contributed by atoms with Crippen molar-refractivity contribution in [2.75, 3.05) is 31.6 Å². The van der Waals surface area contributed by atoms with Gasteiger partial charge >= 0.3 is 0 Å². The van der Waals surface area contributed by atoms with Crippen LogP contribution in [-0.2, 0) is 11.3 Å². The highest BCUT2D eigenvalue weighted by molar-refractivity contribution is 7.99. The van der Waals surface area contributed by atoms with E-state index in [1.165, 1.54) is 0 Å². The van der Waals surface area contributed by atoms with Crippen LogP contribution >= 0.6 is 11.8 Å². The first-order valence-corrected chi connectivity index (χ1v) is 11.4. The number of carbonyl (C=O) groups is 1. The van der Waals surface area contributed by atoms with Crippen LogP contribution in [0.3, 0.4) is 0 Å². The molecule has 3 rings (SSSR count). The number of hydrogen-bond donors (Lipinski definition) is 2. The van der Waals surface area contributed by atoms with Gasteiger partial charge in [0.1, 0.15) is 5.82 Å². The Balaban J connectivity index is 1.72. The molecule has 1 amide bonds. The fourth-order valence-corrected chi connectivity index (χ4v) is 3.67. The Morgan fingerprint density at radius 1 is 1.19 bits per heavy atom. The van der Waals surface area contributed by atoms with Gasteiger partial charge in [0.05, 0.1) is 24.7 Å². The zero-order chi connectivity index (χ0) is 22.2. The van der Waals surface area contributed by atoms with Gasteiger partial charge in [-0.1, -0.05) is 43.3 Å². The van der Waals surface area contributed by atoms with Crippen molar-refractivity contribution in [1.29, 1.82) is 0 Å². The van der Waals surface area contributed by atoms with Crippen molar-refractivity contribution >= 4 is 34.5 Å². The maximum absolute atomic E-state index is 12.4. The predicted octanol–water partition coefficient (Wildman–Crippen LogP) is 3.51. The molecule has 2 heterocycles. The molecule has 0 saturated carbocycles. The van der Waals surface area contributed by atoms with Crippen molar-refractivity contribution in [2.24, 2.45) is 0 Å². The average molecular weight is 443 g/mol. The molecule has 0 bridgehead atoms. The minimum atomic E-state index is -0.0968. The zero-order valence-electron chi connectivity index (χ0n) is 18.5. The first-order chi connectivity index (χ1) is 15.0. The van der Waals surface area contributed by atoms with Crippen LogP contribution in [0.2, 0.25) is 0 Å². The Hall–Kier alpha value is -2.65. The lowest BCUT2D eigenvalue weighted by Gasteiger charge is -2.11. The lowest BCUT2D eigenvalue weighted by molar-refractivity contribution is 0.0952. The quantitative estimate of drug-likeness (QED) is 0.267. The minimum absolute atomic E-state index is 0.0968. The van der Waals surface area contributed by atoms with Crippen molar-refractivity contribution in [3.8, 4) is 0 Å². The summed E-state index contributed by atoms with van der Waals surface area (Å²) >= 11 is 1.61. The Kier molecular flexibility index (Phi) is 8.25. The first kappa shape index (κ1) is 23.0. The molecule has 2 aromatic heterocycles. The number of ether oxygens (including phenoxy) is 1. The van der Waals surface area contributed by atoms with E-state index in [-0.39, 0.29) is 5.91 Å². The molecule has 0 fully saturated rings. The van der Waals surface area contributed by atoms with Crippen molar-refractivity contribution in [3.63, 3.8) is 0 Å². The smallest absolute Gasteiger partial charge is 0.251 e. The molecule has 2 N–H and O–H groups in total. The second-order valence-electron chi connectivity index (χ2n) is 7.37. The van der Waals surface area contributed by atoms with Crippen LogP contribution in [0.4, 0.5) is 5.82 Å². The minimum Gasteiger partial charge on any atom is -0.380 e. The average Bonchev–Trinajstić information content (AvgIpc) is 3.14. The van der Waals surface area contributed by atoms with Gasteiger partial charge in [-0.25, -0.2) is 14.6 Å². The van der Waals surface area contributed by atoms with E-state index < -0.39 is 0 Å². The third-order valence-electron chi connectivity index (χ3n) is 4.48. The Bertz CT molecular complexity index is 1000. The third-order valence-corrected chi connectivity index (χ3v) is 5.35. The maximum Gasteiger partial charge on any atom is 0.251 e. The molecule has 0 aliphatic heterocycles. The second-order valence-corrected chi connectivity index (χ2v) is 8.92. The summed E-state index contributed by atoms with van der Waals surface area (Å²) in [4.78, 5) is 21.7. The molecule has 9 heteroatoms. The second kappa shape index (κ2) is 11.1. The zero-order valence-corrected chi connectivity index (χ0v) is 19.3. The third kappa shape index (κ3) is 6.41. The van der Waals surface area contributed by atoms with Crippen LogP contribution in [0.5, 0.6) is 0 Å². The number of nitrogens with one attached hydrogen (secondary N) is 2. The molecule has 3 aromatic rings. The highest BCUT2D eigenvalue weighted by Crippen LogP contribution is 2.26. The van der Waals surface area contributed by atoms with Crippen molar-refractivity contribution in [2.45, 2.75) is 44.6 Å². The SMILES string of the molecule is CCOCCNc1nc(SC(C)C)nc2c1cnn2CCNC(=O)c1ccc(C)cc1. The monoisotopic (exact) mass is 442 g/mol. The number of aryl methyl sites for hydroxylation is 1. The molecule has 0 aliphatic carbocycles. The number of amides is 1. The van der Waals surface area contributed by atoms with Crippen molar-refractivity contribution < 1.29 is 9.53 Å². The molecule has 0 saturated heterocycles. The first-order valence-electron chi connectivity index (χ1n) is 10.5. The lowest BCUT2D eigenvalue weighted by Crippen LogP contribution is -2.27. The van der Waals surface area contributed by atoms with Gasteiger partial charge in [-0.15, -0.1) is 0 Å². The Morgan fingerprint density at radius 2 is 1.97 bits per heavy atom. The van der Waals surface area contributed by atoms with Crippen molar-refractivity contribution in [3.05, 3.63) is 41.6 Å². The van der Waals surface area contributed by atoms with Gasteiger partial charge in [-0.3, -0.25) is 4.79 Å². The van der Waals surface area contributed by atoms with Gasteiger partial charge in [-0.05, 0) is 26.0 Å². The van der Waals surface area contributed by atoms with Gasteiger partial charge in [0.15, 0.2) is 10.8 Å². The molecule has 31 heavy (non-hydrogen) atoms. The summed E-state index contributed by atoms with van der Waals surface area (Å²) in [6.07, 6.45) is 1.77. The summed E-state index contributed by atoms with van der Waals surface area (Å²) in [6, 6.07) is 7.52. The number of hydrogen-bond acceptors (Lipinski definition) is 7. The van der Waals surface area contributed by atoms with E-state index in [9.17, 15) is 4.79 Å². The van der Waals surface area contributed by atoms with Gasteiger partial charge in [0.25, 0.3) is 5.91 Å². The Morgan fingerprint density at radius 3 is 2.68 bits per heavy atom. The molecule has 0 spiro atoms. The molecule has 0 radical (unpaired) electrons. The van der Waals surface area contributed by atoms with Gasteiger partial charge in [0.2, 0.25) is 0 Å². The standard InChI is InChI=1S/C22H30N6O2S/c1-5-30-13-11-23-19-18-14-25-28(20(18)27-22(26-19)31-15(2)3)12-10-24-21(29)17-8-6-16(4)7-9-17/h6-9,14-15H,5,10-13H2,1-4H3,(H,24,29)(H,23,26,27). The number of thioether (sulfide) groups is 1. The number of anilines is 1. The van der Waals surface area contributed by atoms with Crippen LogP contribution in [0.25, 0.3) is 11.0 Å². The number of benzene rings is 1. The van der Waals surface area contributed by atoms with Crippen LogP contribution in [-0.4, -0.2) is 57.2 Å². The number of aromatic nitrogens is 4. The molecule has 8 nitrogen and oxygen atoms in total. The molecule has 0 aliphatic rings. The number of nitrogens with zero attached hydrogens (tertiary/aromatic N) is 4. The number of carbonyl (C=O) groups excluding carboxylic acids is 1. The number of rotatable bonds is 11. The lowest BCUT2D eigenvalue weighted by atomic mass is 10.1. The summed E-state index contributed by atoms with van der Waals surface area (Å²) < 4.78 is 7.22. The number of fused-ring (bicyclic) bond motifs is 1. The summed E-state index contributed by atoms with van der Waals surface area (Å²) in [5.41, 5.74) is 2.52. The maximum atomic E-state index is 12.4. The summed E-state index contributed by atoms with van der Waals surface area (Å²) in [5, 5.41) is 12.7. The summed E-state index contributed by atoms with van der Waals surface area (Å²) in [6.45, 7) is 11.1. The highest BCUT2D eigenvalue weighted by atomic mass is 32.2. The van der Waals surface area contributed by atoms with Crippen molar-refractivity contribution in [1.82, 2.24) is 25.1 Å². The topological polar surface area (TPSA) is 94.0 Å². The van der Waals surface area contributed by atoms with Crippen LogP contribution in [0.15, 0.2) is 35.6 Å². The molecule has 166 valence electrons.